The van der Waals surface area contributed by atoms with Crippen molar-refractivity contribution in [2.24, 2.45) is 0 Å². The fraction of sp³-hybridized carbons (Fsp3) is 0.462. The van der Waals surface area contributed by atoms with E-state index in [9.17, 15) is 9.90 Å². The van der Waals surface area contributed by atoms with E-state index in [1.165, 1.54) is 6.92 Å². The van der Waals surface area contributed by atoms with Gasteiger partial charge in [-0.05, 0) is 38.0 Å². The topological polar surface area (TPSA) is 66.6 Å². The molecule has 1 aromatic rings. The second-order valence-corrected chi connectivity index (χ2v) is 4.55. The molecular formula is C13H18N2O2. The summed E-state index contributed by atoms with van der Waals surface area (Å²) in [5.74, 6) is -0.0110. The second-order valence-electron chi connectivity index (χ2n) is 4.55. The van der Waals surface area contributed by atoms with Gasteiger partial charge in [-0.2, -0.15) is 0 Å². The maximum atomic E-state index is 11.3. The van der Waals surface area contributed by atoms with Gasteiger partial charge in [0.15, 0.2) is 5.78 Å². The molecule has 1 aliphatic rings. The van der Waals surface area contributed by atoms with Gasteiger partial charge < -0.3 is 15.7 Å². The zero-order valence-corrected chi connectivity index (χ0v) is 10.0. The molecule has 0 radical (unpaired) electrons. The maximum absolute atomic E-state index is 11.3. The van der Waals surface area contributed by atoms with Gasteiger partial charge in [-0.25, -0.2) is 0 Å². The first-order chi connectivity index (χ1) is 8.08. The van der Waals surface area contributed by atoms with E-state index < -0.39 is 0 Å². The van der Waals surface area contributed by atoms with Crippen molar-refractivity contribution in [3.63, 3.8) is 0 Å². The summed E-state index contributed by atoms with van der Waals surface area (Å²) in [6.45, 7) is 3.18. The summed E-state index contributed by atoms with van der Waals surface area (Å²) < 4.78 is 0. The lowest BCUT2D eigenvalue weighted by molar-refractivity contribution is 0.101. The largest absolute Gasteiger partial charge is 0.398 e. The number of aliphatic hydroxyl groups is 1. The molecule has 0 aromatic heterocycles. The number of hydrogen-bond donors (Lipinski definition) is 2. The van der Waals surface area contributed by atoms with Crippen LogP contribution in [0.5, 0.6) is 0 Å². The molecule has 0 aliphatic carbocycles. The minimum absolute atomic E-state index is 0.0110. The number of carbonyl (C=O) groups is 1. The molecule has 0 spiro atoms. The lowest BCUT2D eigenvalue weighted by atomic mass is 10.0. The van der Waals surface area contributed by atoms with Gasteiger partial charge in [0, 0.05) is 30.0 Å². The van der Waals surface area contributed by atoms with E-state index >= 15 is 0 Å². The molecule has 1 aliphatic heterocycles. The predicted octanol–water partition coefficient (Wildman–Crippen LogP) is 1.43. The Balaban J connectivity index is 2.17. The lowest BCUT2D eigenvalue weighted by Crippen LogP contribution is -2.35. The number of nitrogens with two attached hydrogens (primary N) is 1. The van der Waals surface area contributed by atoms with Crippen molar-refractivity contribution < 1.29 is 9.90 Å². The quantitative estimate of drug-likeness (QED) is 0.600. The molecule has 1 heterocycles. The van der Waals surface area contributed by atoms with Gasteiger partial charge in [0.05, 0.1) is 6.10 Å². The van der Waals surface area contributed by atoms with Gasteiger partial charge in [0.1, 0.15) is 0 Å². The zero-order valence-electron chi connectivity index (χ0n) is 10.0. The van der Waals surface area contributed by atoms with Gasteiger partial charge in [-0.3, -0.25) is 4.79 Å². The highest BCUT2D eigenvalue weighted by Crippen LogP contribution is 2.24. The fourth-order valence-corrected chi connectivity index (χ4v) is 2.19. The highest BCUT2D eigenvalue weighted by Gasteiger charge is 2.18. The number of aliphatic hydroxyl groups excluding tert-OH is 1. The van der Waals surface area contributed by atoms with Gasteiger partial charge in [0.25, 0.3) is 0 Å². The van der Waals surface area contributed by atoms with Crippen molar-refractivity contribution in [1.29, 1.82) is 0 Å². The average molecular weight is 234 g/mol. The highest BCUT2D eigenvalue weighted by molar-refractivity contribution is 5.99. The van der Waals surface area contributed by atoms with Crippen LogP contribution in [0.4, 0.5) is 11.4 Å². The highest BCUT2D eigenvalue weighted by atomic mass is 16.3. The van der Waals surface area contributed by atoms with Crippen molar-refractivity contribution in [1.82, 2.24) is 0 Å². The van der Waals surface area contributed by atoms with E-state index in [1.807, 2.05) is 12.1 Å². The minimum atomic E-state index is -0.180. The molecule has 0 unspecified atom stereocenters. The molecule has 0 atom stereocenters. The molecule has 0 amide bonds. The Labute approximate surface area is 101 Å². The van der Waals surface area contributed by atoms with E-state index in [1.54, 1.807) is 6.07 Å². The molecule has 4 nitrogen and oxygen atoms in total. The maximum Gasteiger partial charge on any atom is 0.161 e. The number of hydrogen-bond acceptors (Lipinski definition) is 4. The molecule has 0 bridgehead atoms. The number of carbonyl (C=O) groups excluding carboxylic acids is 1. The SMILES string of the molecule is CC(=O)c1ccc(N2CCC(O)CC2)cc1N. The van der Waals surface area contributed by atoms with Crippen LogP contribution in [-0.2, 0) is 0 Å². The van der Waals surface area contributed by atoms with Crippen LogP contribution in [0.25, 0.3) is 0 Å². The molecule has 1 fully saturated rings. The van der Waals surface area contributed by atoms with Crippen LogP contribution in [0.1, 0.15) is 30.1 Å². The Bertz CT molecular complexity index is 423. The summed E-state index contributed by atoms with van der Waals surface area (Å²) >= 11 is 0. The monoisotopic (exact) mass is 234 g/mol. The molecule has 2 rings (SSSR count). The second kappa shape index (κ2) is 4.75. The summed E-state index contributed by atoms with van der Waals surface area (Å²) in [5, 5.41) is 9.45. The van der Waals surface area contributed by atoms with E-state index in [-0.39, 0.29) is 11.9 Å². The number of rotatable bonds is 2. The molecular weight excluding hydrogens is 216 g/mol. The van der Waals surface area contributed by atoms with Crippen molar-refractivity contribution in [2.75, 3.05) is 23.7 Å². The van der Waals surface area contributed by atoms with Crippen LogP contribution in [0.15, 0.2) is 18.2 Å². The van der Waals surface area contributed by atoms with E-state index in [2.05, 4.69) is 4.90 Å². The minimum Gasteiger partial charge on any atom is -0.398 e. The third-order valence-corrected chi connectivity index (χ3v) is 3.24. The Morgan fingerprint density at radius 2 is 2.06 bits per heavy atom. The number of nitrogens with zero attached hydrogens (tertiary/aromatic N) is 1. The first-order valence-electron chi connectivity index (χ1n) is 5.91. The van der Waals surface area contributed by atoms with Gasteiger partial charge in [0.2, 0.25) is 0 Å². The van der Waals surface area contributed by atoms with E-state index in [0.29, 0.717) is 11.3 Å². The van der Waals surface area contributed by atoms with Crippen molar-refractivity contribution >= 4 is 17.2 Å². The predicted molar refractivity (Wildman–Crippen MR) is 68.3 cm³/mol. The molecule has 17 heavy (non-hydrogen) atoms. The third-order valence-electron chi connectivity index (χ3n) is 3.24. The average Bonchev–Trinajstić information content (AvgIpc) is 2.29. The first-order valence-corrected chi connectivity index (χ1v) is 5.91. The molecule has 4 heteroatoms. The van der Waals surface area contributed by atoms with E-state index in [0.717, 1.165) is 31.6 Å². The summed E-state index contributed by atoms with van der Waals surface area (Å²) in [4.78, 5) is 13.5. The number of Topliss-reactive ketones (excluding diaryl/α,β-unsaturated/α-hetero) is 1. The van der Waals surface area contributed by atoms with Crippen LogP contribution >= 0.6 is 0 Å². The lowest BCUT2D eigenvalue weighted by Gasteiger charge is -2.31. The molecule has 0 saturated carbocycles. The first kappa shape index (κ1) is 11.9. The van der Waals surface area contributed by atoms with Crippen LogP contribution in [0.2, 0.25) is 0 Å². The number of nitrogen functional groups attached to an aromatic ring is 1. The summed E-state index contributed by atoms with van der Waals surface area (Å²) in [6.07, 6.45) is 1.39. The molecule has 3 N–H and O–H groups in total. The Kier molecular flexibility index (Phi) is 3.33. The number of benzene rings is 1. The molecule has 92 valence electrons. The number of ketones is 1. The molecule has 1 saturated heterocycles. The fourth-order valence-electron chi connectivity index (χ4n) is 2.19. The Morgan fingerprint density at radius 1 is 1.41 bits per heavy atom. The van der Waals surface area contributed by atoms with Gasteiger partial charge in [-0.15, -0.1) is 0 Å². The van der Waals surface area contributed by atoms with E-state index in [4.69, 9.17) is 5.73 Å². The number of piperidine rings is 1. The Hall–Kier alpha value is -1.55. The van der Waals surface area contributed by atoms with Gasteiger partial charge >= 0.3 is 0 Å². The van der Waals surface area contributed by atoms with Crippen molar-refractivity contribution in [3.05, 3.63) is 23.8 Å². The van der Waals surface area contributed by atoms with Crippen LogP contribution < -0.4 is 10.6 Å². The third kappa shape index (κ3) is 2.58. The smallest absolute Gasteiger partial charge is 0.161 e. The van der Waals surface area contributed by atoms with Crippen LogP contribution in [0.3, 0.4) is 0 Å². The normalized spacial score (nSPS) is 17.2. The van der Waals surface area contributed by atoms with Crippen molar-refractivity contribution in [2.45, 2.75) is 25.9 Å². The van der Waals surface area contributed by atoms with Gasteiger partial charge in [-0.1, -0.05) is 0 Å². The number of anilines is 2. The zero-order chi connectivity index (χ0) is 12.4. The molecule has 1 aromatic carbocycles. The summed E-state index contributed by atoms with van der Waals surface area (Å²) in [6, 6.07) is 5.54. The van der Waals surface area contributed by atoms with Crippen LogP contribution in [0, 0.1) is 0 Å². The van der Waals surface area contributed by atoms with Crippen molar-refractivity contribution in [3.8, 4) is 0 Å². The standard InChI is InChI=1S/C13H18N2O2/c1-9(16)12-3-2-10(8-13(12)14)15-6-4-11(17)5-7-15/h2-3,8,11,17H,4-7,14H2,1H3. The summed E-state index contributed by atoms with van der Waals surface area (Å²) in [7, 11) is 0. The van der Waals surface area contributed by atoms with Crippen LogP contribution in [-0.4, -0.2) is 30.1 Å². The Morgan fingerprint density at radius 3 is 2.59 bits per heavy atom. The summed E-state index contributed by atoms with van der Waals surface area (Å²) in [5.41, 5.74) is 7.99.